The molecule has 6 heteroatoms. The van der Waals surface area contributed by atoms with E-state index in [9.17, 15) is 4.79 Å². The van der Waals surface area contributed by atoms with Gasteiger partial charge in [-0.3, -0.25) is 4.79 Å². The number of ether oxygens (including phenoxy) is 1. The summed E-state index contributed by atoms with van der Waals surface area (Å²) in [5.74, 6) is 1.66. The average Bonchev–Trinajstić information content (AvgIpc) is 3.29. The van der Waals surface area contributed by atoms with Crippen LogP contribution in [0.3, 0.4) is 0 Å². The van der Waals surface area contributed by atoms with Crippen LogP contribution in [0.25, 0.3) is 22.4 Å². The first-order chi connectivity index (χ1) is 16.9. The molecule has 4 aromatic rings. The van der Waals surface area contributed by atoms with Crippen LogP contribution in [-0.4, -0.2) is 40.2 Å². The normalized spacial score (nSPS) is 10.7. The Balaban J connectivity index is 0.000000197. The number of nitrogens with one attached hydrogen (secondary N) is 2. The van der Waals surface area contributed by atoms with Crippen molar-refractivity contribution in [3.05, 3.63) is 83.4 Å². The van der Waals surface area contributed by atoms with Crippen molar-refractivity contribution in [2.45, 2.75) is 46.6 Å². The molecule has 0 bridgehead atoms. The quantitative estimate of drug-likeness (QED) is 0.287. The average molecular weight is 474 g/mol. The number of rotatable bonds is 8. The van der Waals surface area contributed by atoms with Gasteiger partial charge in [-0.15, -0.1) is 0 Å². The van der Waals surface area contributed by atoms with Gasteiger partial charge in [0.15, 0.2) is 0 Å². The third kappa shape index (κ3) is 7.42. The molecule has 0 aliphatic rings. The summed E-state index contributed by atoms with van der Waals surface area (Å²) in [5, 5.41) is 11.5. The maximum absolute atomic E-state index is 11.9. The molecule has 3 N–H and O–H groups in total. The highest BCUT2D eigenvalue weighted by Gasteiger charge is 2.10. The fourth-order valence-electron chi connectivity index (χ4n) is 3.55. The lowest BCUT2D eigenvalue weighted by Gasteiger charge is -2.14. The van der Waals surface area contributed by atoms with Gasteiger partial charge in [0.2, 0.25) is 0 Å². The summed E-state index contributed by atoms with van der Waals surface area (Å²) >= 11 is 0. The van der Waals surface area contributed by atoms with Gasteiger partial charge in [0.05, 0.1) is 17.1 Å². The fourth-order valence-corrected chi connectivity index (χ4v) is 3.55. The van der Waals surface area contributed by atoms with Crippen LogP contribution in [0.4, 0.5) is 0 Å². The van der Waals surface area contributed by atoms with Gasteiger partial charge in [-0.05, 0) is 69.5 Å². The summed E-state index contributed by atoms with van der Waals surface area (Å²) in [7, 11) is 0. The lowest BCUT2D eigenvalue weighted by atomic mass is 10.1. The summed E-state index contributed by atoms with van der Waals surface area (Å²) < 4.78 is 5.70. The molecule has 0 atom stereocenters. The molecular weight excluding hydrogens is 438 g/mol. The number of aliphatic hydroxyl groups excluding tert-OH is 1. The number of carbonyl (C=O) groups excluding carboxylic acids is 1. The summed E-state index contributed by atoms with van der Waals surface area (Å²) in [5.41, 5.74) is 6.15. The molecule has 0 spiro atoms. The Morgan fingerprint density at radius 3 is 2.49 bits per heavy atom. The SMILES string of the molecule is CCc1cc(C(=O)NCCCO)ccc1OC(C)C.Cc1ccc(-c2nc3ccccc3[nH]2)cc1. The highest BCUT2D eigenvalue weighted by atomic mass is 16.5. The van der Waals surface area contributed by atoms with E-state index in [0.29, 0.717) is 18.5 Å². The number of fused-ring (bicyclic) bond motifs is 1. The van der Waals surface area contributed by atoms with E-state index in [1.807, 2.05) is 57.2 Å². The predicted molar refractivity (Wildman–Crippen MR) is 142 cm³/mol. The third-order valence-electron chi connectivity index (χ3n) is 5.40. The van der Waals surface area contributed by atoms with Crippen LogP contribution in [0.15, 0.2) is 66.7 Å². The van der Waals surface area contributed by atoms with E-state index in [-0.39, 0.29) is 18.6 Å². The molecule has 0 saturated carbocycles. The first-order valence-corrected chi connectivity index (χ1v) is 12.1. The summed E-state index contributed by atoms with van der Waals surface area (Å²) in [6, 6.07) is 21.9. The van der Waals surface area contributed by atoms with Gasteiger partial charge in [-0.25, -0.2) is 4.98 Å². The molecule has 0 saturated heterocycles. The third-order valence-corrected chi connectivity index (χ3v) is 5.40. The zero-order valence-electron chi connectivity index (χ0n) is 21.0. The van der Waals surface area contributed by atoms with Crippen molar-refractivity contribution in [3.8, 4) is 17.1 Å². The van der Waals surface area contributed by atoms with Crippen LogP contribution in [0.2, 0.25) is 0 Å². The second-order valence-corrected chi connectivity index (χ2v) is 8.64. The number of aryl methyl sites for hydroxylation is 2. The second kappa shape index (κ2) is 12.7. The molecule has 0 aliphatic carbocycles. The molecule has 1 aromatic heterocycles. The van der Waals surface area contributed by atoms with Gasteiger partial charge in [0.1, 0.15) is 11.6 Å². The number of H-pyrrole nitrogens is 1. The minimum absolute atomic E-state index is 0.0850. The van der Waals surface area contributed by atoms with Gasteiger partial charge >= 0.3 is 0 Å². The van der Waals surface area contributed by atoms with Crippen molar-refractivity contribution in [2.24, 2.45) is 0 Å². The Morgan fingerprint density at radius 1 is 1.09 bits per heavy atom. The van der Waals surface area contributed by atoms with E-state index in [2.05, 4.69) is 46.5 Å². The highest BCUT2D eigenvalue weighted by molar-refractivity contribution is 5.94. The van der Waals surface area contributed by atoms with Gasteiger partial charge < -0.3 is 20.1 Å². The number of aromatic nitrogens is 2. The zero-order chi connectivity index (χ0) is 25.2. The monoisotopic (exact) mass is 473 g/mol. The molecule has 1 heterocycles. The Labute approximate surface area is 207 Å². The van der Waals surface area contributed by atoms with Crippen molar-refractivity contribution >= 4 is 16.9 Å². The van der Waals surface area contributed by atoms with Gasteiger partial charge in [-0.2, -0.15) is 0 Å². The molecule has 1 amide bonds. The number of carbonyl (C=O) groups is 1. The topological polar surface area (TPSA) is 87.2 Å². The highest BCUT2D eigenvalue weighted by Crippen LogP contribution is 2.22. The van der Waals surface area contributed by atoms with E-state index < -0.39 is 0 Å². The number of aliphatic hydroxyl groups is 1. The molecular formula is C29H35N3O3. The number of hydrogen-bond acceptors (Lipinski definition) is 4. The summed E-state index contributed by atoms with van der Waals surface area (Å²) in [4.78, 5) is 19.8. The summed E-state index contributed by atoms with van der Waals surface area (Å²) in [6.07, 6.45) is 1.51. The molecule has 6 nitrogen and oxygen atoms in total. The molecule has 184 valence electrons. The lowest BCUT2D eigenvalue weighted by molar-refractivity contribution is 0.0951. The number of aromatic amines is 1. The Morgan fingerprint density at radius 2 is 1.83 bits per heavy atom. The Hall–Kier alpha value is -3.64. The molecule has 0 aliphatic heterocycles. The Bertz CT molecular complexity index is 1200. The number of benzene rings is 3. The first kappa shape index (κ1) is 26.0. The minimum Gasteiger partial charge on any atom is -0.491 e. The number of hydrogen-bond donors (Lipinski definition) is 3. The summed E-state index contributed by atoms with van der Waals surface area (Å²) in [6.45, 7) is 8.66. The lowest BCUT2D eigenvalue weighted by Crippen LogP contribution is -2.25. The number of imidazole rings is 1. The van der Waals surface area contributed by atoms with E-state index in [4.69, 9.17) is 9.84 Å². The predicted octanol–water partition coefficient (Wildman–Crippen LogP) is 5.69. The molecule has 3 aromatic carbocycles. The maximum atomic E-state index is 11.9. The minimum atomic E-state index is -0.112. The Kier molecular flexibility index (Phi) is 9.44. The van der Waals surface area contributed by atoms with Gasteiger partial charge in [-0.1, -0.05) is 48.9 Å². The number of para-hydroxylation sites is 2. The fraction of sp³-hybridized carbons (Fsp3) is 0.310. The van der Waals surface area contributed by atoms with Crippen molar-refractivity contribution in [3.63, 3.8) is 0 Å². The van der Waals surface area contributed by atoms with Crippen molar-refractivity contribution < 1.29 is 14.6 Å². The van der Waals surface area contributed by atoms with E-state index in [0.717, 1.165) is 40.2 Å². The zero-order valence-corrected chi connectivity index (χ0v) is 21.0. The van der Waals surface area contributed by atoms with E-state index in [1.165, 1.54) is 5.56 Å². The van der Waals surface area contributed by atoms with Crippen molar-refractivity contribution in [1.82, 2.24) is 15.3 Å². The second-order valence-electron chi connectivity index (χ2n) is 8.64. The number of nitrogens with zero attached hydrogens (tertiary/aromatic N) is 1. The maximum Gasteiger partial charge on any atom is 0.251 e. The van der Waals surface area contributed by atoms with Gasteiger partial charge in [0, 0.05) is 24.3 Å². The van der Waals surface area contributed by atoms with E-state index >= 15 is 0 Å². The number of amides is 1. The van der Waals surface area contributed by atoms with E-state index in [1.54, 1.807) is 6.07 Å². The molecule has 0 radical (unpaired) electrons. The van der Waals surface area contributed by atoms with Crippen molar-refractivity contribution in [2.75, 3.05) is 13.2 Å². The smallest absolute Gasteiger partial charge is 0.251 e. The molecule has 4 rings (SSSR count). The van der Waals surface area contributed by atoms with Crippen LogP contribution in [0.1, 0.15) is 48.7 Å². The van der Waals surface area contributed by atoms with Crippen LogP contribution >= 0.6 is 0 Å². The molecule has 35 heavy (non-hydrogen) atoms. The largest absolute Gasteiger partial charge is 0.491 e. The first-order valence-electron chi connectivity index (χ1n) is 12.1. The van der Waals surface area contributed by atoms with Crippen molar-refractivity contribution in [1.29, 1.82) is 0 Å². The molecule has 0 unspecified atom stereocenters. The standard InChI is InChI=1S/C15H23NO3.C14H12N2/c1-4-12-10-13(15(18)16-8-5-9-17)6-7-14(12)19-11(2)3;1-10-6-8-11(9-7-10)14-15-12-4-2-3-5-13(12)16-14/h6-7,10-11,17H,4-5,8-9H2,1-3H3,(H,16,18);2-9H,1H3,(H,15,16). The van der Waals surface area contributed by atoms with Crippen LogP contribution in [0, 0.1) is 6.92 Å². The van der Waals surface area contributed by atoms with Crippen LogP contribution < -0.4 is 10.1 Å². The molecule has 0 fully saturated rings. The van der Waals surface area contributed by atoms with Crippen LogP contribution in [0.5, 0.6) is 5.75 Å². The van der Waals surface area contributed by atoms with Crippen LogP contribution in [-0.2, 0) is 6.42 Å². The van der Waals surface area contributed by atoms with Gasteiger partial charge in [0.25, 0.3) is 5.91 Å².